The zero-order valence-electron chi connectivity index (χ0n) is 24.3. The number of hydrogen-bond acceptors (Lipinski definition) is 15. The number of aryl methyl sites for hydroxylation is 1. The van der Waals surface area contributed by atoms with E-state index in [9.17, 15) is 14.6 Å². The van der Waals surface area contributed by atoms with Gasteiger partial charge < -0.3 is 48.7 Å². The lowest BCUT2D eigenvalue weighted by molar-refractivity contribution is -0.0574. The molecule has 8 heterocycles. The number of rotatable bonds is 2. The molecule has 0 aliphatic carbocycles. The summed E-state index contributed by atoms with van der Waals surface area (Å²) in [6, 6.07) is 1.87. The normalized spacial score (nSPS) is 37.9. The second-order valence-electron chi connectivity index (χ2n) is 11.5. The first-order chi connectivity index (χ1) is 22.5. The first-order valence-corrected chi connectivity index (χ1v) is 18.9. The zero-order valence-corrected chi connectivity index (χ0v) is 26.9. The van der Waals surface area contributed by atoms with Gasteiger partial charge in [0.2, 0.25) is 7.57 Å². The molecule has 17 nitrogen and oxygen atoms in total. The molecule has 4 aromatic rings. The van der Waals surface area contributed by atoms with E-state index in [2.05, 4.69) is 25.3 Å². The topological polar surface area (TPSA) is 212 Å². The van der Waals surface area contributed by atoms with E-state index in [1.54, 1.807) is 10.8 Å². The Bertz CT molecular complexity index is 1960. The fourth-order valence-electron chi connectivity index (χ4n) is 6.47. The number of aliphatic hydroxyl groups excluding tert-OH is 1. The van der Waals surface area contributed by atoms with Gasteiger partial charge in [-0.05, 0) is 36.3 Å². The Hall–Kier alpha value is -2.61. The van der Waals surface area contributed by atoms with Gasteiger partial charge in [-0.15, -0.1) is 0 Å². The van der Waals surface area contributed by atoms with Crippen molar-refractivity contribution >= 4 is 67.3 Å². The molecule has 0 bridgehead atoms. The fraction of sp³-hybridized carbons (Fsp3) is 0.520. The summed E-state index contributed by atoms with van der Waals surface area (Å²) in [5.74, 6) is 0.0727. The van der Waals surface area contributed by atoms with Crippen molar-refractivity contribution in [2.75, 3.05) is 30.8 Å². The molecule has 22 heteroatoms. The summed E-state index contributed by atoms with van der Waals surface area (Å²) in [6.07, 6.45) is -3.76. The molecule has 0 spiro atoms. The molecule has 47 heavy (non-hydrogen) atoms. The van der Waals surface area contributed by atoms with Crippen molar-refractivity contribution in [3.63, 3.8) is 0 Å². The largest absolute Gasteiger partial charge is 0.386 e. The average Bonchev–Trinajstić information content (AvgIpc) is 3.73. The minimum absolute atomic E-state index is 0.0727. The van der Waals surface area contributed by atoms with Gasteiger partial charge in [0.15, 0.2) is 30.1 Å². The maximum atomic E-state index is 16.1. The van der Waals surface area contributed by atoms with Gasteiger partial charge in [0.25, 0.3) is 7.47 Å². The summed E-state index contributed by atoms with van der Waals surface area (Å²) in [6.45, 7) is -4.51. The van der Waals surface area contributed by atoms with Gasteiger partial charge in [-0.3, -0.25) is 13.7 Å². The van der Waals surface area contributed by atoms with Crippen LogP contribution in [-0.4, -0.2) is 103 Å². The van der Waals surface area contributed by atoms with Crippen molar-refractivity contribution in [2.24, 2.45) is 0 Å². The minimum atomic E-state index is -4.47. The van der Waals surface area contributed by atoms with Gasteiger partial charge in [0, 0.05) is 30.0 Å². The number of aromatic nitrogens is 6. The molecule has 10 atom stereocenters. The van der Waals surface area contributed by atoms with Gasteiger partial charge in [-0.2, -0.15) is 0 Å². The first kappa shape index (κ1) is 31.6. The fourth-order valence-corrected chi connectivity index (χ4v) is 8.92. The highest BCUT2D eigenvalue weighted by Crippen LogP contribution is 2.54. The third kappa shape index (κ3) is 5.58. The molecule has 0 saturated carbocycles. The molecule has 248 valence electrons. The Kier molecular flexibility index (Phi) is 7.93. The SMILES string of the molecule is [B]P1(=O)OC[C@H]2O[C@@H](n3cnc4c(N)ncnc43)C(F)[C@H]2OP(O)(=S)OC[C@H]2O[C@@H](n3cc4c5c(ccnc53)NCCC4)[C@@H](O)C2O1. The molecule has 3 fully saturated rings. The van der Waals surface area contributed by atoms with Crippen LogP contribution in [-0.2, 0) is 50.4 Å². The molecule has 4 aliphatic rings. The standard InChI is InChI=1S/C25H28BFN8O9P2S/c26-45(37)39-7-13-19(16(27)24(41-13)35-10-33-17-21(28)31-9-32-23(17)35)44-46(38,47)40-8-14-20(43-45)18(36)25(42-14)34-6-11-2-1-4-29-12-3-5-30-22(34)15(11)12/h3,5-6,9-10,13-14,16,18-20,24-25,29,36H,1-2,4,7-8H2,(H,38,47)(H2,28,31,32)/t13-,14-,16?,18+,19+,20?,24-,25-,45?,46?/m1/s1. The van der Waals surface area contributed by atoms with Crippen LogP contribution in [0.15, 0.2) is 31.1 Å². The van der Waals surface area contributed by atoms with Gasteiger partial charge in [-0.25, -0.2) is 24.3 Å². The molecule has 2 radical (unpaired) electrons. The minimum Gasteiger partial charge on any atom is -0.386 e. The summed E-state index contributed by atoms with van der Waals surface area (Å²) in [7, 11) is 1.52. The lowest BCUT2D eigenvalue weighted by Gasteiger charge is -2.30. The van der Waals surface area contributed by atoms with Crippen LogP contribution in [0.3, 0.4) is 0 Å². The number of nitrogen functional groups attached to an aromatic ring is 1. The number of nitrogens with two attached hydrogens (primary N) is 1. The van der Waals surface area contributed by atoms with Gasteiger partial charge in [0.05, 0.1) is 19.5 Å². The Morgan fingerprint density at radius 2 is 1.85 bits per heavy atom. The van der Waals surface area contributed by atoms with Crippen LogP contribution < -0.4 is 11.1 Å². The van der Waals surface area contributed by atoms with E-state index in [0.717, 1.165) is 36.0 Å². The molecule has 4 aromatic heterocycles. The third-order valence-corrected chi connectivity index (χ3v) is 11.2. The number of imidazole rings is 1. The van der Waals surface area contributed by atoms with Crippen LogP contribution in [0.25, 0.3) is 22.2 Å². The van der Waals surface area contributed by atoms with Crippen LogP contribution >= 0.6 is 14.2 Å². The van der Waals surface area contributed by atoms with Crippen molar-refractivity contribution in [1.82, 2.24) is 29.1 Å². The van der Waals surface area contributed by atoms with Crippen LogP contribution in [0.2, 0.25) is 0 Å². The molecular weight excluding hydrogens is 680 g/mol. The molecule has 5 N–H and O–H groups in total. The highest BCUT2D eigenvalue weighted by molar-refractivity contribution is 8.07. The van der Waals surface area contributed by atoms with Gasteiger partial charge in [0.1, 0.15) is 48.0 Å². The number of aliphatic hydroxyl groups is 1. The molecule has 4 unspecified atom stereocenters. The van der Waals surface area contributed by atoms with Gasteiger partial charge in [-0.1, -0.05) is 0 Å². The van der Waals surface area contributed by atoms with E-state index < -0.39 is 76.6 Å². The summed E-state index contributed by atoms with van der Waals surface area (Å²) in [4.78, 5) is 27.7. The van der Waals surface area contributed by atoms with E-state index in [0.29, 0.717) is 5.65 Å². The Balaban J connectivity index is 1.08. The smallest absolute Gasteiger partial charge is 0.325 e. The first-order valence-electron chi connectivity index (χ1n) is 14.7. The summed E-state index contributed by atoms with van der Waals surface area (Å²) in [5.41, 5.74) is 8.71. The number of alkyl halides is 1. The predicted octanol–water partition coefficient (Wildman–Crippen LogP) is 1.62. The van der Waals surface area contributed by atoms with Crippen LogP contribution in [0.1, 0.15) is 24.4 Å². The highest BCUT2D eigenvalue weighted by Gasteiger charge is 2.53. The number of halogens is 1. The second kappa shape index (κ2) is 11.8. The van der Waals surface area contributed by atoms with Crippen molar-refractivity contribution in [2.45, 2.75) is 62.0 Å². The number of ether oxygens (including phenoxy) is 2. The molecular formula is C25H28BFN8O9P2S. The van der Waals surface area contributed by atoms with Crippen molar-refractivity contribution in [1.29, 1.82) is 0 Å². The molecule has 3 saturated heterocycles. The summed E-state index contributed by atoms with van der Waals surface area (Å²) >= 11 is 5.25. The number of nitrogens with one attached hydrogen (secondary N) is 1. The van der Waals surface area contributed by atoms with E-state index >= 15 is 4.39 Å². The third-order valence-electron chi connectivity index (χ3n) is 8.59. The maximum Gasteiger partial charge on any atom is 0.325 e. The molecule has 4 aliphatic heterocycles. The summed E-state index contributed by atoms with van der Waals surface area (Å²) < 4.78 is 67.0. The molecule has 8 rings (SSSR count). The monoisotopic (exact) mass is 708 g/mol. The second-order valence-corrected chi connectivity index (χ2v) is 15.9. The maximum absolute atomic E-state index is 16.1. The van der Waals surface area contributed by atoms with Crippen LogP contribution in [0.4, 0.5) is 15.9 Å². The average molecular weight is 708 g/mol. The van der Waals surface area contributed by atoms with Crippen LogP contribution in [0, 0.1) is 0 Å². The predicted molar refractivity (Wildman–Crippen MR) is 167 cm³/mol. The Morgan fingerprint density at radius 3 is 2.70 bits per heavy atom. The van der Waals surface area contributed by atoms with E-state index in [-0.39, 0.29) is 17.0 Å². The quantitative estimate of drug-likeness (QED) is 0.172. The highest BCUT2D eigenvalue weighted by atomic mass is 32.5. The van der Waals surface area contributed by atoms with Crippen molar-refractivity contribution in [3.05, 3.63) is 36.7 Å². The van der Waals surface area contributed by atoms with Crippen molar-refractivity contribution < 1.29 is 46.5 Å². The lowest BCUT2D eigenvalue weighted by atomic mass is 10.1. The van der Waals surface area contributed by atoms with E-state index in [1.807, 2.05) is 12.3 Å². The summed E-state index contributed by atoms with van der Waals surface area (Å²) in [5, 5.41) is 15.8. The number of nitrogens with zero attached hydrogens (tertiary/aromatic N) is 6. The number of hydrogen-bond donors (Lipinski definition) is 4. The Morgan fingerprint density at radius 1 is 1.06 bits per heavy atom. The Labute approximate surface area is 272 Å². The molecule has 0 amide bonds. The van der Waals surface area contributed by atoms with E-state index in [1.165, 1.54) is 17.2 Å². The number of fused-ring (bicyclic) bond motifs is 3. The van der Waals surface area contributed by atoms with Crippen LogP contribution in [0.5, 0.6) is 0 Å². The lowest BCUT2D eigenvalue weighted by Crippen LogP contribution is -2.38. The number of anilines is 2. The molecule has 0 aromatic carbocycles. The van der Waals surface area contributed by atoms with E-state index in [4.69, 9.17) is 52.7 Å². The van der Waals surface area contributed by atoms with Crippen molar-refractivity contribution in [3.8, 4) is 0 Å². The van der Waals surface area contributed by atoms with Gasteiger partial charge >= 0.3 is 6.72 Å². The zero-order chi connectivity index (χ0) is 32.7. The number of pyridine rings is 1.